The fourth-order valence-corrected chi connectivity index (χ4v) is 6.01. The van der Waals surface area contributed by atoms with E-state index in [1.165, 1.54) is 0 Å². The Labute approximate surface area is 243 Å². The van der Waals surface area contributed by atoms with Gasteiger partial charge in [0.05, 0.1) is 0 Å². The summed E-state index contributed by atoms with van der Waals surface area (Å²) < 4.78 is 11.0. The molecule has 2 amide bonds. The molecular formula is C34H30N2O6. The van der Waals surface area contributed by atoms with E-state index >= 15 is 0 Å². The summed E-state index contributed by atoms with van der Waals surface area (Å²) in [6, 6.07) is 30.8. The van der Waals surface area contributed by atoms with E-state index in [9.17, 15) is 19.5 Å². The van der Waals surface area contributed by atoms with Gasteiger partial charge in [0.25, 0.3) is 0 Å². The number of rotatable bonds is 9. The maximum atomic E-state index is 12.6. The summed E-state index contributed by atoms with van der Waals surface area (Å²) in [5.74, 6) is -1.44. The molecular weight excluding hydrogens is 532 g/mol. The Hall–Kier alpha value is -5.11. The van der Waals surface area contributed by atoms with Crippen LogP contribution < -0.4 is 10.6 Å². The van der Waals surface area contributed by atoms with Crippen LogP contribution in [0.1, 0.15) is 40.5 Å². The second kappa shape index (κ2) is 11.8. The van der Waals surface area contributed by atoms with E-state index in [2.05, 4.69) is 22.8 Å². The molecule has 0 saturated heterocycles. The normalized spacial score (nSPS) is 13.7. The monoisotopic (exact) mass is 562 g/mol. The maximum absolute atomic E-state index is 12.6. The zero-order chi connectivity index (χ0) is 29.1. The van der Waals surface area contributed by atoms with Crippen molar-refractivity contribution in [1.29, 1.82) is 0 Å². The van der Waals surface area contributed by atoms with E-state index in [1.807, 2.05) is 84.9 Å². The van der Waals surface area contributed by atoms with Gasteiger partial charge in [0.1, 0.15) is 19.3 Å². The van der Waals surface area contributed by atoms with Gasteiger partial charge in [-0.05, 0) is 50.9 Å². The molecule has 4 aromatic carbocycles. The molecule has 212 valence electrons. The van der Waals surface area contributed by atoms with Crippen molar-refractivity contribution in [2.24, 2.45) is 0 Å². The average Bonchev–Trinajstić information content (AvgIpc) is 3.51. The minimum atomic E-state index is -1.24. The van der Waals surface area contributed by atoms with Gasteiger partial charge in [0.2, 0.25) is 0 Å². The van der Waals surface area contributed by atoms with Crippen LogP contribution in [0.15, 0.2) is 97.1 Å². The smallest absolute Gasteiger partial charge is 0.407 e. The van der Waals surface area contributed by atoms with Crippen molar-refractivity contribution in [3.05, 3.63) is 119 Å². The van der Waals surface area contributed by atoms with Crippen molar-refractivity contribution in [3.63, 3.8) is 0 Å². The van der Waals surface area contributed by atoms with E-state index in [-0.39, 0.29) is 38.0 Å². The number of ether oxygens (including phenoxy) is 2. The lowest BCUT2D eigenvalue weighted by Crippen LogP contribution is -2.43. The molecule has 2 aliphatic carbocycles. The number of benzene rings is 4. The molecule has 3 N–H and O–H groups in total. The molecule has 0 unspecified atom stereocenters. The number of hydrogen-bond donors (Lipinski definition) is 3. The van der Waals surface area contributed by atoms with Crippen LogP contribution in [0.5, 0.6) is 0 Å². The molecule has 8 heteroatoms. The number of carbonyl (C=O) groups excluding carboxylic acids is 2. The number of alkyl carbamates (subject to hydrolysis) is 2. The molecule has 0 saturated carbocycles. The molecule has 8 nitrogen and oxygen atoms in total. The lowest BCUT2D eigenvalue weighted by molar-refractivity contribution is -0.139. The van der Waals surface area contributed by atoms with Crippen LogP contribution in [0, 0.1) is 0 Å². The first-order valence-corrected chi connectivity index (χ1v) is 13.9. The van der Waals surface area contributed by atoms with E-state index < -0.39 is 24.2 Å². The third-order valence-electron chi connectivity index (χ3n) is 7.98. The summed E-state index contributed by atoms with van der Waals surface area (Å²) in [6.45, 7) is 0.224. The maximum Gasteiger partial charge on any atom is 0.407 e. The predicted octanol–water partition coefficient (Wildman–Crippen LogP) is 5.91. The van der Waals surface area contributed by atoms with Gasteiger partial charge in [-0.2, -0.15) is 0 Å². The first-order chi connectivity index (χ1) is 20.5. The fraction of sp³-hybridized carbons (Fsp3) is 0.206. The number of carboxylic acid groups (broad SMARTS) is 1. The zero-order valence-electron chi connectivity index (χ0n) is 22.8. The number of nitrogens with one attached hydrogen (secondary N) is 2. The number of carbonyl (C=O) groups is 3. The van der Waals surface area contributed by atoms with Crippen LogP contribution in [-0.4, -0.2) is 49.1 Å². The van der Waals surface area contributed by atoms with Crippen LogP contribution >= 0.6 is 0 Å². The largest absolute Gasteiger partial charge is 0.480 e. The molecule has 1 atom stereocenters. The fourth-order valence-electron chi connectivity index (χ4n) is 6.01. The van der Waals surface area contributed by atoms with Crippen molar-refractivity contribution in [2.75, 3.05) is 19.8 Å². The van der Waals surface area contributed by atoms with Gasteiger partial charge < -0.3 is 25.2 Å². The van der Waals surface area contributed by atoms with Crippen molar-refractivity contribution in [2.45, 2.75) is 24.3 Å². The Morgan fingerprint density at radius 2 is 1.00 bits per heavy atom. The van der Waals surface area contributed by atoms with Crippen LogP contribution in [0.2, 0.25) is 0 Å². The predicted molar refractivity (Wildman–Crippen MR) is 157 cm³/mol. The Morgan fingerprint density at radius 1 is 0.619 bits per heavy atom. The third-order valence-corrected chi connectivity index (χ3v) is 7.98. The van der Waals surface area contributed by atoms with Gasteiger partial charge in [-0.25, -0.2) is 14.4 Å². The SMILES string of the molecule is O=C(NCC[C@H](NC(=O)OCC1c2ccccc2-c2ccccc21)C(=O)O)OCC1c2ccccc2-c2ccccc21. The Balaban J connectivity index is 0.987. The second-order valence-corrected chi connectivity index (χ2v) is 10.4. The molecule has 6 rings (SSSR count). The summed E-state index contributed by atoms with van der Waals surface area (Å²) in [4.78, 5) is 36.9. The van der Waals surface area contributed by atoms with Gasteiger partial charge in [-0.15, -0.1) is 0 Å². The summed E-state index contributed by atoms with van der Waals surface area (Å²) in [5, 5.41) is 14.6. The number of carboxylic acids is 1. The molecule has 0 aliphatic heterocycles. The first kappa shape index (κ1) is 27.1. The summed E-state index contributed by atoms with van der Waals surface area (Å²) in [7, 11) is 0. The quantitative estimate of drug-likeness (QED) is 0.234. The molecule has 0 bridgehead atoms. The number of hydrogen-bond acceptors (Lipinski definition) is 5. The Morgan fingerprint density at radius 3 is 1.40 bits per heavy atom. The summed E-state index contributed by atoms with van der Waals surface area (Å²) in [6.07, 6.45) is -1.52. The van der Waals surface area contributed by atoms with Crippen LogP contribution in [0.4, 0.5) is 9.59 Å². The molecule has 0 heterocycles. The van der Waals surface area contributed by atoms with Crippen LogP contribution in [0.3, 0.4) is 0 Å². The molecule has 2 aliphatic rings. The van der Waals surface area contributed by atoms with Crippen molar-refractivity contribution < 1.29 is 29.0 Å². The zero-order valence-corrected chi connectivity index (χ0v) is 22.8. The van der Waals surface area contributed by atoms with E-state index in [0.29, 0.717) is 0 Å². The highest BCUT2D eigenvalue weighted by molar-refractivity contribution is 5.81. The highest BCUT2D eigenvalue weighted by atomic mass is 16.6. The van der Waals surface area contributed by atoms with Crippen LogP contribution in [-0.2, 0) is 14.3 Å². The average molecular weight is 563 g/mol. The molecule has 0 fully saturated rings. The summed E-state index contributed by atoms with van der Waals surface area (Å²) in [5.41, 5.74) is 8.79. The van der Waals surface area contributed by atoms with Gasteiger partial charge >= 0.3 is 18.2 Å². The first-order valence-electron chi connectivity index (χ1n) is 13.9. The third kappa shape index (κ3) is 5.31. The molecule has 42 heavy (non-hydrogen) atoms. The minimum Gasteiger partial charge on any atom is -0.480 e. The molecule has 4 aromatic rings. The van der Waals surface area contributed by atoms with Crippen molar-refractivity contribution in [3.8, 4) is 22.3 Å². The number of fused-ring (bicyclic) bond motifs is 6. The Kier molecular flexibility index (Phi) is 7.60. The van der Waals surface area contributed by atoms with E-state index in [1.54, 1.807) is 0 Å². The van der Waals surface area contributed by atoms with Crippen molar-refractivity contribution in [1.82, 2.24) is 10.6 Å². The van der Waals surface area contributed by atoms with Crippen molar-refractivity contribution >= 4 is 18.2 Å². The standard InChI is InChI=1S/C34H30N2O6/c37-32(38)31(36-34(40)42-20-30-27-15-7-3-11-23(27)24-12-4-8-16-28(24)30)17-18-35-33(39)41-19-29-25-13-5-1-9-21(25)22-10-2-6-14-26(22)29/h1-16,29-31H,17-20H2,(H,35,39)(H,36,40)(H,37,38)/t31-/m0/s1. The Bertz CT molecular complexity index is 1560. The van der Waals surface area contributed by atoms with Gasteiger partial charge in [0, 0.05) is 18.4 Å². The van der Waals surface area contributed by atoms with E-state index in [0.717, 1.165) is 44.5 Å². The number of aliphatic carboxylic acids is 1. The lowest BCUT2D eigenvalue weighted by Gasteiger charge is -2.18. The molecule has 0 radical (unpaired) electrons. The highest BCUT2D eigenvalue weighted by Gasteiger charge is 2.31. The van der Waals surface area contributed by atoms with E-state index in [4.69, 9.17) is 9.47 Å². The minimum absolute atomic E-state index is 0.00268. The van der Waals surface area contributed by atoms with Crippen LogP contribution in [0.25, 0.3) is 22.3 Å². The summed E-state index contributed by atoms with van der Waals surface area (Å²) >= 11 is 0. The highest BCUT2D eigenvalue weighted by Crippen LogP contribution is 2.45. The van der Waals surface area contributed by atoms with Gasteiger partial charge in [0.15, 0.2) is 0 Å². The topological polar surface area (TPSA) is 114 Å². The van der Waals surface area contributed by atoms with Gasteiger partial charge in [-0.1, -0.05) is 97.1 Å². The second-order valence-electron chi connectivity index (χ2n) is 10.4. The molecule has 0 spiro atoms. The number of amides is 2. The van der Waals surface area contributed by atoms with Gasteiger partial charge in [-0.3, -0.25) is 0 Å². The lowest BCUT2D eigenvalue weighted by atomic mass is 9.98. The molecule has 0 aromatic heterocycles.